The molecule has 5 aromatic carbocycles. The Morgan fingerprint density at radius 2 is 1.05 bits per heavy atom. The smallest absolute Gasteiger partial charge is 0.252 e. The zero-order valence-electron chi connectivity index (χ0n) is 25.9. The van der Waals surface area contributed by atoms with Crippen molar-refractivity contribution in [2.24, 2.45) is 0 Å². The maximum atomic E-state index is 2.74. The van der Waals surface area contributed by atoms with Crippen LogP contribution in [-0.2, 0) is 12.8 Å². The van der Waals surface area contributed by atoms with Crippen molar-refractivity contribution in [1.29, 1.82) is 0 Å². The number of fused-ring (bicyclic) bond motifs is 4. The molecule has 4 aliphatic heterocycles. The second-order valence-electron chi connectivity index (χ2n) is 13.6. The molecule has 0 atom stereocenters. The van der Waals surface area contributed by atoms with Gasteiger partial charge in [-0.05, 0) is 112 Å². The first-order valence-electron chi connectivity index (χ1n) is 16.8. The molecule has 0 saturated carbocycles. The topological polar surface area (TPSA) is 6.48 Å². The lowest BCUT2D eigenvalue weighted by atomic mass is 9.33. The second-order valence-corrected chi connectivity index (χ2v) is 13.6. The molecule has 216 valence electrons. The molecule has 0 aliphatic carbocycles. The Hall–Kier alpha value is -4.24. The summed E-state index contributed by atoms with van der Waals surface area (Å²) in [6.45, 7) is 7.15. The third-order valence-electron chi connectivity index (χ3n) is 10.8. The van der Waals surface area contributed by atoms with E-state index >= 15 is 0 Å². The van der Waals surface area contributed by atoms with Gasteiger partial charge in [0.05, 0.1) is 0 Å². The van der Waals surface area contributed by atoms with Gasteiger partial charge in [-0.2, -0.15) is 0 Å². The largest absolute Gasteiger partial charge is 0.342 e. The highest BCUT2D eigenvalue weighted by Crippen LogP contribution is 2.46. The summed E-state index contributed by atoms with van der Waals surface area (Å²) in [4.78, 5) is 5.49. The van der Waals surface area contributed by atoms with Gasteiger partial charge in [-0.25, -0.2) is 0 Å². The van der Waals surface area contributed by atoms with Crippen molar-refractivity contribution < 1.29 is 0 Å². The zero-order valence-corrected chi connectivity index (χ0v) is 25.9. The average molecular weight is 571 g/mol. The lowest BCUT2D eigenvalue weighted by Crippen LogP contribution is -2.62. The number of hydrogen-bond acceptors (Lipinski definition) is 2. The van der Waals surface area contributed by atoms with Gasteiger partial charge in [-0.15, -0.1) is 0 Å². The fourth-order valence-corrected chi connectivity index (χ4v) is 8.74. The fraction of sp³-hybridized carbons (Fsp3) is 0.268. The van der Waals surface area contributed by atoms with Crippen molar-refractivity contribution in [3.8, 4) is 22.3 Å². The maximum Gasteiger partial charge on any atom is 0.252 e. The first-order chi connectivity index (χ1) is 21.7. The first-order valence-corrected chi connectivity index (χ1v) is 16.8. The number of hydrogen-bond donors (Lipinski definition) is 0. The van der Waals surface area contributed by atoms with Gasteiger partial charge in [0.1, 0.15) is 0 Å². The van der Waals surface area contributed by atoms with E-state index in [0.717, 1.165) is 25.9 Å². The van der Waals surface area contributed by atoms with Crippen molar-refractivity contribution in [3.05, 3.63) is 114 Å². The zero-order chi connectivity index (χ0) is 29.4. The lowest BCUT2D eigenvalue weighted by molar-refractivity contribution is 0.758. The summed E-state index contributed by atoms with van der Waals surface area (Å²) in [7, 11) is 0. The summed E-state index contributed by atoms with van der Waals surface area (Å²) in [6.07, 6.45) is 7.19. The summed E-state index contributed by atoms with van der Waals surface area (Å²) in [5.41, 5.74) is 20.5. The van der Waals surface area contributed by atoms with Crippen LogP contribution >= 0.6 is 0 Å². The van der Waals surface area contributed by atoms with Crippen LogP contribution in [0.3, 0.4) is 0 Å². The Bertz CT molecular complexity index is 1780. The normalized spacial score (nSPS) is 16.2. The maximum absolute atomic E-state index is 2.74. The van der Waals surface area contributed by atoms with Gasteiger partial charge in [0, 0.05) is 35.8 Å². The van der Waals surface area contributed by atoms with Gasteiger partial charge in [-0.3, -0.25) is 0 Å². The minimum atomic E-state index is 0.252. The van der Waals surface area contributed by atoms with Gasteiger partial charge in [0.2, 0.25) is 0 Å². The van der Waals surface area contributed by atoms with Crippen molar-refractivity contribution in [1.82, 2.24) is 0 Å². The van der Waals surface area contributed by atoms with Gasteiger partial charge in [-0.1, -0.05) is 98.8 Å². The molecule has 2 nitrogen and oxygen atoms in total. The molecule has 4 aliphatic rings. The highest BCUT2D eigenvalue weighted by molar-refractivity contribution is 7.00. The molecule has 0 fully saturated rings. The van der Waals surface area contributed by atoms with Crippen molar-refractivity contribution in [2.45, 2.75) is 58.3 Å². The third-order valence-corrected chi connectivity index (χ3v) is 10.8. The Labute approximate surface area is 262 Å². The van der Waals surface area contributed by atoms with E-state index in [9.17, 15) is 0 Å². The van der Waals surface area contributed by atoms with E-state index in [1.54, 1.807) is 11.1 Å². The summed E-state index contributed by atoms with van der Waals surface area (Å²) >= 11 is 0. The summed E-state index contributed by atoms with van der Waals surface area (Å²) in [5.74, 6) is 0.474. The first kappa shape index (κ1) is 26.2. The molecule has 44 heavy (non-hydrogen) atoms. The van der Waals surface area contributed by atoms with Crippen LogP contribution in [0.5, 0.6) is 0 Å². The Morgan fingerprint density at radius 1 is 0.568 bits per heavy atom. The van der Waals surface area contributed by atoms with Crippen LogP contribution in [0.1, 0.15) is 62.1 Å². The van der Waals surface area contributed by atoms with E-state index in [0.29, 0.717) is 5.92 Å². The molecule has 0 spiro atoms. The minimum absolute atomic E-state index is 0.252. The molecule has 4 heterocycles. The van der Waals surface area contributed by atoms with Crippen molar-refractivity contribution in [2.75, 3.05) is 22.9 Å². The van der Waals surface area contributed by atoms with E-state index < -0.39 is 0 Å². The number of nitrogens with zero attached hydrogens (tertiary/aromatic N) is 2. The molecule has 9 rings (SSSR count). The molecule has 5 aromatic rings. The molecule has 0 saturated heterocycles. The van der Waals surface area contributed by atoms with Gasteiger partial charge < -0.3 is 9.80 Å². The minimum Gasteiger partial charge on any atom is -0.342 e. The number of anilines is 4. The van der Waals surface area contributed by atoms with Crippen molar-refractivity contribution >= 4 is 45.9 Å². The van der Waals surface area contributed by atoms with Crippen LogP contribution in [0, 0.1) is 0 Å². The van der Waals surface area contributed by atoms with Gasteiger partial charge >= 0.3 is 0 Å². The number of rotatable bonds is 3. The predicted molar refractivity (Wildman–Crippen MR) is 189 cm³/mol. The molecular weight excluding hydrogens is 531 g/mol. The molecule has 0 amide bonds. The van der Waals surface area contributed by atoms with E-state index in [4.69, 9.17) is 0 Å². The Morgan fingerprint density at radius 3 is 1.50 bits per heavy atom. The highest BCUT2D eigenvalue weighted by atomic mass is 15.2. The van der Waals surface area contributed by atoms with Crippen molar-refractivity contribution in [3.63, 3.8) is 0 Å². The Balaban J connectivity index is 1.37. The quantitative estimate of drug-likeness (QED) is 0.202. The van der Waals surface area contributed by atoms with Gasteiger partial charge in [0.25, 0.3) is 6.71 Å². The molecule has 0 radical (unpaired) electrons. The molecule has 0 N–H and O–H groups in total. The Kier molecular flexibility index (Phi) is 6.05. The monoisotopic (exact) mass is 570 g/mol. The summed E-state index contributed by atoms with van der Waals surface area (Å²) < 4.78 is 0. The SMILES string of the molecule is CC(C)c1cc2c3c(c1)N1CCCCc4c(-c5ccccc5)ccc(c41)B3c1ccc(-c3ccccc3)c3c1N2CCCC3. The van der Waals surface area contributed by atoms with E-state index in [2.05, 4.69) is 121 Å². The second kappa shape index (κ2) is 10.2. The fourth-order valence-electron chi connectivity index (χ4n) is 8.74. The number of benzene rings is 5. The van der Waals surface area contributed by atoms with Crippen LogP contribution in [0.25, 0.3) is 22.3 Å². The molecule has 0 aromatic heterocycles. The third kappa shape index (κ3) is 3.81. The van der Waals surface area contributed by atoms with Crippen LogP contribution in [0.4, 0.5) is 22.7 Å². The van der Waals surface area contributed by atoms with Crippen LogP contribution < -0.4 is 26.2 Å². The summed E-state index contributed by atoms with van der Waals surface area (Å²) in [5, 5.41) is 0. The van der Waals surface area contributed by atoms with E-state index in [1.807, 2.05) is 0 Å². The van der Waals surface area contributed by atoms with Crippen LogP contribution in [0.2, 0.25) is 0 Å². The van der Waals surface area contributed by atoms with E-state index in [1.165, 1.54) is 92.6 Å². The lowest BCUT2D eigenvalue weighted by Gasteiger charge is -2.45. The van der Waals surface area contributed by atoms with Crippen LogP contribution in [-0.4, -0.2) is 19.8 Å². The molecule has 0 bridgehead atoms. The molecule has 3 heteroatoms. The van der Waals surface area contributed by atoms with Crippen LogP contribution in [0.15, 0.2) is 97.1 Å². The standard InChI is InChI=1S/C41H39BN2/c1-27(2)30-25-37-39-38(26-30)44-24-12-10-18-34-32(29-15-7-4-8-16-29)20-22-36(41(34)44)42(39)35-21-19-31(28-13-5-3-6-14-28)33-17-9-11-23-43(37)40(33)35/h3-8,13-16,19-22,25-27H,9-12,17-18,23-24H2,1-2H3. The predicted octanol–water partition coefficient (Wildman–Crippen LogP) is 8.24. The summed E-state index contributed by atoms with van der Waals surface area (Å²) in [6, 6.07) is 37.2. The average Bonchev–Trinajstić information content (AvgIpc) is 3.43. The molecular formula is C41H39BN2. The van der Waals surface area contributed by atoms with E-state index in [-0.39, 0.29) is 6.71 Å². The molecule has 0 unspecified atom stereocenters. The van der Waals surface area contributed by atoms with Gasteiger partial charge in [0.15, 0.2) is 0 Å². The highest BCUT2D eigenvalue weighted by Gasteiger charge is 2.45.